The molecule has 0 spiro atoms. The highest BCUT2D eigenvalue weighted by atomic mass is 16.1. The van der Waals surface area contributed by atoms with Crippen LogP contribution in [0.1, 0.15) is 49.9 Å². The molecule has 2 heterocycles. The molecule has 0 saturated carbocycles. The lowest BCUT2D eigenvalue weighted by atomic mass is 10.1. The van der Waals surface area contributed by atoms with Crippen molar-refractivity contribution >= 4 is 11.6 Å². The van der Waals surface area contributed by atoms with Crippen molar-refractivity contribution in [1.29, 1.82) is 0 Å². The van der Waals surface area contributed by atoms with Gasteiger partial charge in [0, 0.05) is 25.3 Å². The standard InChI is InChI=1S/C15H23N3O/c1-3-12(2)17-15(19)13-9-14(11-16-10-13)18-7-5-4-6-8-18/h9-12H,3-8H2,1-2H3,(H,17,19). The zero-order chi connectivity index (χ0) is 13.7. The van der Waals surface area contributed by atoms with E-state index in [2.05, 4.69) is 22.1 Å². The lowest BCUT2D eigenvalue weighted by Crippen LogP contribution is -2.33. The number of rotatable bonds is 4. The second kappa shape index (κ2) is 6.55. The molecule has 4 heteroatoms. The van der Waals surface area contributed by atoms with Crippen molar-refractivity contribution in [2.75, 3.05) is 18.0 Å². The molecule has 4 nitrogen and oxygen atoms in total. The highest BCUT2D eigenvalue weighted by molar-refractivity contribution is 5.94. The summed E-state index contributed by atoms with van der Waals surface area (Å²) in [7, 11) is 0. The van der Waals surface area contributed by atoms with E-state index in [0.717, 1.165) is 25.2 Å². The topological polar surface area (TPSA) is 45.2 Å². The van der Waals surface area contributed by atoms with Gasteiger partial charge in [-0.25, -0.2) is 0 Å². The highest BCUT2D eigenvalue weighted by Gasteiger charge is 2.14. The van der Waals surface area contributed by atoms with Crippen LogP contribution in [0.2, 0.25) is 0 Å². The Morgan fingerprint density at radius 1 is 1.37 bits per heavy atom. The number of nitrogens with one attached hydrogen (secondary N) is 1. The fourth-order valence-electron chi connectivity index (χ4n) is 2.29. The number of hydrogen-bond acceptors (Lipinski definition) is 3. The zero-order valence-electron chi connectivity index (χ0n) is 11.9. The third-order valence-corrected chi connectivity index (χ3v) is 3.70. The molecule has 1 aliphatic rings. The molecule has 2 rings (SSSR count). The van der Waals surface area contributed by atoms with Gasteiger partial charge < -0.3 is 10.2 Å². The number of amides is 1. The lowest BCUT2D eigenvalue weighted by Gasteiger charge is -2.28. The minimum absolute atomic E-state index is 0.0271. The monoisotopic (exact) mass is 261 g/mol. The van der Waals surface area contributed by atoms with Crippen LogP contribution in [0.5, 0.6) is 0 Å². The van der Waals surface area contributed by atoms with Gasteiger partial charge in [-0.2, -0.15) is 0 Å². The normalized spacial score (nSPS) is 17.1. The van der Waals surface area contributed by atoms with Crippen molar-refractivity contribution < 1.29 is 4.79 Å². The second-order valence-corrected chi connectivity index (χ2v) is 5.26. The zero-order valence-corrected chi connectivity index (χ0v) is 11.9. The van der Waals surface area contributed by atoms with Crippen molar-refractivity contribution in [2.45, 2.75) is 45.6 Å². The molecule has 0 bridgehead atoms. The largest absolute Gasteiger partial charge is 0.370 e. The predicted molar refractivity (Wildman–Crippen MR) is 77.5 cm³/mol. The Morgan fingerprint density at radius 3 is 2.79 bits per heavy atom. The summed E-state index contributed by atoms with van der Waals surface area (Å²) in [6.07, 6.45) is 8.19. The van der Waals surface area contributed by atoms with Gasteiger partial charge in [0.1, 0.15) is 0 Å². The van der Waals surface area contributed by atoms with Crippen LogP contribution in [0.15, 0.2) is 18.5 Å². The summed E-state index contributed by atoms with van der Waals surface area (Å²) in [4.78, 5) is 18.6. The number of nitrogens with zero attached hydrogens (tertiary/aromatic N) is 2. The van der Waals surface area contributed by atoms with E-state index in [1.165, 1.54) is 19.3 Å². The molecule has 19 heavy (non-hydrogen) atoms. The summed E-state index contributed by atoms with van der Waals surface area (Å²) in [5, 5.41) is 2.98. The van der Waals surface area contributed by atoms with Crippen molar-refractivity contribution in [3.63, 3.8) is 0 Å². The Hall–Kier alpha value is -1.58. The van der Waals surface area contributed by atoms with E-state index in [1.807, 2.05) is 19.2 Å². The summed E-state index contributed by atoms with van der Waals surface area (Å²) in [5.41, 5.74) is 1.72. The van der Waals surface area contributed by atoms with Gasteiger partial charge in [0.05, 0.1) is 17.4 Å². The van der Waals surface area contributed by atoms with Crippen LogP contribution >= 0.6 is 0 Å². The van der Waals surface area contributed by atoms with Crippen molar-refractivity contribution in [3.8, 4) is 0 Å². The summed E-state index contributed by atoms with van der Waals surface area (Å²) >= 11 is 0. The second-order valence-electron chi connectivity index (χ2n) is 5.26. The number of aromatic nitrogens is 1. The average Bonchev–Trinajstić information content (AvgIpc) is 2.48. The van der Waals surface area contributed by atoms with E-state index in [4.69, 9.17) is 0 Å². The number of piperidine rings is 1. The number of hydrogen-bond donors (Lipinski definition) is 1. The van der Waals surface area contributed by atoms with Gasteiger partial charge in [0.25, 0.3) is 5.91 Å². The maximum Gasteiger partial charge on any atom is 0.253 e. The van der Waals surface area contributed by atoms with Gasteiger partial charge in [-0.1, -0.05) is 6.92 Å². The van der Waals surface area contributed by atoms with Gasteiger partial charge in [0.2, 0.25) is 0 Å². The Morgan fingerprint density at radius 2 is 2.11 bits per heavy atom. The first-order chi connectivity index (χ1) is 9.20. The Bertz CT molecular complexity index is 427. The molecule has 1 aliphatic heterocycles. The predicted octanol–water partition coefficient (Wildman–Crippen LogP) is 2.60. The first kappa shape index (κ1) is 13.8. The maximum absolute atomic E-state index is 12.1. The van der Waals surface area contributed by atoms with E-state index in [1.54, 1.807) is 6.20 Å². The summed E-state index contributed by atoms with van der Waals surface area (Å²) < 4.78 is 0. The molecule has 1 unspecified atom stereocenters. The van der Waals surface area contributed by atoms with Crippen molar-refractivity contribution in [1.82, 2.24) is 10.3 Å². The third-order valence-electron chi connectivity index (χ3n) is 3.70. The molecule has 1 amide bonds. The number of carbonyl (C=O) groups is 1. The molecule has 0 radical (unpaired) electrons. The minimum Gasteiger partial charge on any atom is -0.370 e. The van der Waals surface area contributed by atoms with Crippen molar-refractivity contribution in [2.24, 2.45) is 0 Å². The van der Waals surface area contributed by atoms with Crippen LogP contribution in [-0.2, 0) is 0 Å². The minimum atomic E-state index is -0.0271. The molecule has 1 saturated heterocycles. The average molecular weight is 261 g/mol. The van der Waals surface area contributed by atoms with Crippen LogP contribution in [0, 0.1) is 0 Å². The first-order valence-corrected chi connectivity index (χ1v) is 7.21. The van der Waals surface area contributed by atoms with Gasteiger partial charge in [-0.3, -0.25) is 9.78 Å². The van der Waals surface area contributed by atoms with Crippen molar-refractivity contribution in [3.05, 3.63) is 24.0 Å². The van der Waals surface area contributed by atoms with Crippen LogP contribution in [0.4, 0.5) is 5.69 Å². The molecular formula is C15H23N3O. The van der Waals surface area contributed by atoms with Crippen LogP contribution in [0.25, 0.3) is 0 Å². The van der Waals surface area contributed by atoms with E-state index >= 15 is 0 Å². The number of pyridine rings is 1. The quantitative estimate of drug-likeness (QED) is 0.906. The van der Waals surface area contributed by atoms with E-state index in [0.29, 0.717) is 5.56 Å². The van der Waals surface area contributed by atoms with Gasteiger partial charge in [-0.05, 0) is 38.7 Å². The fraction of sp³-hybridized carbons (Fsp3) is 0.600. The molecule has 1 fully saturated rings. The Labute approximate surface area is 115 Å². The number of carbonyl (C=O) groups excluding carboxylic acids is 1. The van der Waals surface area contributed by atoms with Gasteiger partial charge in [0.15, 0.2) is 0 Å². The lowest BCUT2D eigenvalue weighted by molar-refractivity contribution is 0.0939. The molecular weight excluding hydrogens is 238 g/mol. The van der Waals surface area contributed by atoms with E-state index in [9.17, 15) is 4.79 Å². The molecule has 104 valence electrons. The SMILES string of the molecule is CCC(C)NC(=O)c1cncc(N2CCCCC2)c1. The van der Waals surface area contributed by atoms with Gasteiger partial charge >= 0.3 is 0 Å². The number of anilines is 1. The highest BCUT2D eigenvalue weighted by Crippen LogP contribution is 2.19. The molecule has 1 N–H and O–H groups in total. The van der Waals surface area contributed by atoms with E-state index in [-0.39, 0.29) is 11.9 Å². The van der Waals surface area contributed by atoms with Crippen LogP contribution < -0.4 is 10.2 Å². The van der Waals surface area contributed by atoms with Crippen LogP contribution in [0.3, 0.4) is 0 Å². The molecule has 0 aromatic carbocycles. The molecule has 1 atom stereocenters. The Balaban J connectivity index is 2.07. The molecule has 0 aliphatic carbocycles. The first-order valence-electron chi connectivity index (χ1n) is 7.21. The maximum atomic E-state index is 12.1. The summed E-state index contributed by atoms with van der Waals surface area (Å²) in [5.74, 6) is -0.0271. The molecule has 1 aromatic rings. The fourth-order valence-corrected chi connectivity index (χ4v) is 2.29. The third kappa shape index (κ3) is 3.69. The smallest absolute Gasteiger partial charge is 0.253 e. The molecule has 1 aromatic heterocycles. The Kier molecular flexibility index (Phi) is 4.77. The summed E-state index contributed by atoms with van der Waals surface area (Å²) in [6, 6.07) is 2.15. The van der Waals surface area contributed by atoms with Gasteiger partial charge in [-0.15, -0.1) is 0 Å². The van der Waals surface area contributed by atoms with Crippen LogP contribution in [-0.4, -0.2) is 30.0 Å². The summed E-state index contributed by atoms with van der Waals surface area (Å²) in [6.45, 7) is 6.21. The van der Waals surface area contributed by atoms with E-state index < -0.39 is 0 Å².